The summed E-state index contributed by atoms with van der Waals surface area (Å²) in [5, 5.41) is 7.87. The zero-order chi connectivity index (χ0) is 17.0. The zero-order valence-electron chi connectivity index (χ0n) is 13.9. The number of rotatable bonds is 6. The van der Waals surface area contributed by atoms with E-state index in [1.165, 1.54) is 12.1 Å². The van der Waals surface area contributed by atoms with Gasteiger partial charge in [-0.1, -0.05) is 13.8 Å². The molecular weight excluding hydrogens is 313 g/mol. The van der Waals surface area contributed by atoms with Gasteiger partial charge in [-0.3, -0.25) is 4.79 Å². The van der Waals surface area contributed by atoms with E-state index in [1.807, 2.05) is 13.8 Å². The lowest BCUT2D eigenvalue weighted by atomic mass is 10.2. The summed E-state index contributed by atoms with van der Waals surface area (Å²) in [5.41, 5.74) is 3.62. The molecule has 1 N–H and O–H groups in total. The largest absolute Gasteiger partial charge is 0.351 e. The molecular formula is C17H22FN3OS. The molecule has 1 amide bonds. The molecule has 124 valence electrons. The van der Waals surface area contributed by atoms with Gasteiger partial charge in [-0.25, -0.2) is 9.07 Å². The highest BCUT2D eigenvalue weighted by Crippen LogP contribution is 2.18. The molecule has 0 saturated heterocycles. The van der Waals surface area contributed by atoms with Gasteiger partial charge in [-0.15, -0.1) is 11.8 Å². The molecule has 0 saturated carbocycles. The van der Waals surface area contributed by atoms with Crippen molar-refractivity contribution in [2.24, 2.45) is 0 Å². The minimum absolute atomic E-state index is 0.0250. The van der Waals surface area contributed by atoms with Crippen LogP contribution in [0.2, 0.25) is 0 Å². The van der Waals surface area contributed by atoms with Crippen LogP contribution in [0.4, 0.5) is 4.39 Å². The Balaban J connectivity index is 2.09. The maximum atomic E-state index is 13.0. The summed E-state index contributed by atoms with van der Waals surface area (Å²) in [7, 11) is 0. The van der Waals surface area contributed by atoms with E-state index in [0.29, 0.717) is 17.5 Å². The van der Waals surface area contributed by atoms with E-state index in [9.17, 15) is 9.18 Å². The maximum Gasteiger partial charge on any atom is 0.230 e. The Bertz CT molecular complexity index is 680. The molecule has 0 atom stereocenters. The van der Waals surface area contributed by atoms with Crippen LogP contribution in [0.5, 0.6) is 0 Å². The lowest BCUT2D eigenvalue weighted by molar-refractivity contribution is -0.118. The molecule has 0 aliphatic rings. The summed E-state index contributed by atoms with van der Waals surface area (Å²) >= 11 is 1.62. The number of nitrogens with zero attached hydrogens (tertiary/aromatic N) is 2. The Morgan fingerprint density at radius 3 is 2.57 bits per heavy atom. The van der Waals surface area contributed by atoms with Crippen molar-refractivity contribution in [1.82, 2.24) is 15.1 Å². The molecule has 0 bridgehead atoms. The van der Waals surface area contributed by atoms with Crippen LogP contribution in [0, 0.1) is 19.7 Å². The third-order valence-electron chi connectivity index (χ3n) is 3.52. The first-order valence-corrected chi connectivity index (χ1v) is 8.62. The lowest BCUT2D eigenvalue weighted by Gasteiger charge is -2.08. The van der Waals surface area contributed by atoms with E-state index in [2.05, 4.69) is 24.3 Å². The smallest absolute Gasteiger partial charge is 0.230 e. The molecule has 1 aromatic carbocycles. The highest BCUT2D eigenvalue weighted by molar-refractivity contribution is 8.00. The average Bonchev–Trinajstić information content (AvgIpc) is 2.79. The fourth-order valence-electron chi connectivity index (χ4n) is 2.24. The van der Waals surface area contributed by atoms with E-state index in [1.54, 1.807) is 28.6 Å². The Kier molecular flexibility index (Phi) is 5.82. The van der Waals surface area contributed by atoms with E-state index in [0.717, 1.165) is 22.6 Å². The minimum Gasteiger partial charge on any atom is -0.351 e. The second-order valence-corrected chi connectivity index (χ2v) is 7.24. The first kappa shape index (κ1) is 17.5. The second-order valence-electron chi connectivity index (χ2n) is 5.67. The van der Waals surface area contributed by atoms with Gasteiger partial charge >= 0.3 is 0 Å². The molecule has 0 spiro atoms. The van der Waals surface area contributed by atoms with Crippen molar-refractivity contribution in [3.05, 3.63) is 47.0 Å². The van der Waals surface area contributed by atoms with Gasteiger partial charge in [-0.2, -0.15) is 5.10 Å². The van der Waals surface area contributed by atoms with Crippen molar-refractivity contribution in [3.8, 4) is 5.69 Å². The summed E-state index contributed by atoms with van der Waals surface area (Å²) in [6, 6.07) is 6.21. The van der Waals surface area contributed by atoms with Crippen molar-refractivity contribution in [2.45, 2.75) is 39.5 Å². The lowest BCUT2D eigenvalue weighted by Crippen LogP contribution is -2.25. The number of halogens is 1. The Labute approximate surface area is 140 Å². The molecule has 0 aliphatic heterocycles. The molecule has 1 heterocycles. The van der Waals surface area contributed by atoms with Gasteiger partial charge in [0, 0.05) is 17.8 Å². The number of carbonyl (C=O) groups excluding carboxylic acids is 1. The minimum atomic E-state index is -0.273. The van der Waals surface area contributed by atoms with Crippen molar-refractivity contribution in [2.75, 3.05) is 5.75 Å². The standard InChI is InChI=1S/C17H22FN3OS/c1-11(2)23-10-17(22)19-9-16-12(3)20-21(13(16)4)15-7-5-14(18)6-8-15/h5-8,11H,9-10H2,1-4H3,(H,19,22). The van der Waals surface area contributed by atoms with Crippen molar-refractivity contribution in [3.63, 3.8) is 0 Å². The number of hydrogen-bond acceptors (Lipinski definition) is 3. The molecule has 23 heavy (non-hydrogen) atoms. The second kappa shape index (κ2) is 7.64. The van der Waals surface area contributed by atoms with Gasteiger partial charge in [0.1, 0.15) is 5.82 Å². The average molecular weight is 335 g/mol. The van der Waals surface area contributed by atoms with E-state index < -0.39 is 0 Å². The summed E-state index contributed by atoms with van der Waals surface area (Å²) < 4.78 is 14.8. The summed E-state index contributed by atoms with van der Waals surface area (Å²) in [6.07, 6.45) is 0. The Morgan fingerprint density at radius 2 is 1.96 bits per heavy atom. The van der Waals surface area contributed by atoms with Crippen LogP contribution < -0.4 is 5.32 Å². The first-order chi connectivity index (χ1) is 10.9. The predicted octanol–water partition coefficient (Wildman–Crippen LogP) is 3.39. The highest BCUT2D eigenvalue weighted by Gasteiger charge is 2.14. The number of carbonyl (C=O) groups is 1. The molecule has 0 aliphatic carbocycles. The van der Waals surface area contributed by atoms with Crippen molar-refractivity contribution >= 4 is 17.7 Å². The Hall–Kier alpha value is -1.82. The number of thioether (sulfide) groups is 1. The van der Waals surface area contributed by atoms with Crippen LogP contribution in [0.15, 0.2) is 24.3 Å². The molecule has 6 heteroatoms. The summed E-state index contributed by atoms with van der Waals surface area (Å²) in [6.45, 7) is 8.46. The fraction of sp³-hybridized carbons (Fsp3) is 0.412. The number of aromatic nitrogens is 2. The quantitative estimate of drug-likeness (QED) is 0.880. The molecule has 4 nitrogen and oxygen atoms in total. The normalized spacial score (nSPS) is 11.0. The number of hydrogen-bond donors (Lipinski definition) is 1. The SMILES string of the molecule is Cc1nn(-c2ccc(F)cc2)c(C)c1CNC(=O)CSC(C)C. The van der Waals surface area contributed by atoms with E-state index in [-0.39, 0.29) is 11.7 Å². The third-order valence-corrected chi connectivity index (χ3v) is 4.62. The summed E-state index contributed by atoms with van der Waals surface area (Å²) in [4.78, 5) is 11.9. The van der Waals surface area contributed by atoms with Gasteiger partial charge in [0.25, 0.3) is 0 Å². The number of benzene rings is 1. The van der Waals surface area contributed by atoms with Crippen molar-refractivity contribution < 1.29 is 9.18 Å². The zero-order valence-corrected chi connectivity index (χ0v) is 14.7. The van der Waals surface area contributed by atoms with Crippen LogP contribution in [-0.2, 0) is 11.3 Å². The number of amides is 1. The fourth-order valence-corrected chi connectivity index (χ4v) is 2.83. The van der Waals surface area contributed by atoms with Crippen LogP contribution in [0.1, 0.15) is 30.8 Å². The van der Waals surface area contributed by atoms with Crippen LogP contribution in [0.25, 0.3) is 5.69 Å². The molecule has 1 aromatic heterocycles. The Morgan fingerprint density at radius 1 is 1.30 bits per heavy atom. The first-order valence-electron chi connectivity index (χ1n) is 7.58. The van der Waals surface area contributed by atoms with Crippen LogP contribution in [-0.4, -0.2) is 26.7 Å². The van der Waals surface area contributed by atoms with Gasteiger partial charge in [0.2, 0.25) is 5.91 Å². The molecule has 2 rings (SSSR count). The van der Waals surface area contributed by atoms with Crippen molar-refractivity contribution in [1.29, 1.82) is 0 Å². The third kappa shape index (κ3) is 4.58. The van der Waals surface area contributed by atoms with Gasteiger partial charge < -0.3 is 5.32 Å². The highest BCUT2D eigenvalue weighted by atomic mass is 32.2. The molecule has 2 aromatic rings. The van der Waals surface area contributed by atoms with Crippen LogP contribution in [0.3, 0.4) is 0 Å². The monoisotopic (exact) mass is 335 g/mol. The van der Waals surface area contributed by atoms with Gasteiger partial charge in [0.15, 0.2) is 0 Å². The number of aryl methyl sites for hydroxylation is 1. The predicted molar refractivity (Wildman–Crippen MR) is 92.4 cm³/mol. The molecule has 0 radical (unpaired) electrons. The van der Waals surface area contributed by atoms with Crippen LogP contribution >= 0.6 is 11.8 Å². The molecule has 0 fully saturated rings. The topological polar surface area (TPSA) is 46.9 Å². The molecule has 0 unspecified atom stereocenters. The maximum absolute atomic E-state index is 13.0. The van der Waals surface area contributed by atoms with Gasteiger partial charge in [0.05, 0.1) is 17.1 Å². The van der Waals surface area contributed by atoms with Gasteiger partial charge in [-0.05, 0) is 43.4 Å². The number of nitrogens with one attached hydrogen (secondary N) is 1. The van der Waals surface area contributed by atoms with E-state index in [4.69, 9.17) is 0 Å². The van der Waals surface area contributed by atoms with E-state index >= 15 is 0 Å². The summed E-state index contributed by atoms with van der Waals surface area (Å²) in [5.74, 6) is 0.212.